The fourth-order valence-corrected chi connectivity index (χ4v) is 4.68. The normalized spacial score (nSPS) is 12.8. The van der Waals surface area contributed by atoms with E-state index in [-0.39, 0.29) is 17.7 Å². The van der Waals surface area contributed by atoms with Crippen LogP contribution in [0.25, 0.3) is 0 Å². The van der Waals surface area contributed by atoms with E-state index in [0.29, 0.717) is 5.16 Å². The number of aromatic nitrogens is 4. The van der Waals surface area contributed by atoms with E-state index in [4.69, 9.17) is 0 Å². The Balaban J connectivity index is 1.62. The van der Waals surface area contributed by atoms with Gasteiger partial charge in [0.25, 0.3) is 0 Å². The van der Waals surface area contributed by atoms with Gasteiger partial charge in [-0.3, -0.25) is 9.69 Å². The molecule has 2 heterocycles. The third kappa shape index (κ3) is 3.10. The van der Waals surface area contributed by atoms with Gasteiger partial charge in [0, 0.05) is 9.79 Å². The quantitative estimate of drug-likeness (QED) is 0.630. The van der Waals surface area contributed by atoms with E-state index in [9.17, 15) is 4.79 Å². The van der Waals surface area contributed by atoms with Crippen LogP contribution in [0.5, 0.6) is 0 Å². The fraction of sp³-hybridized carbons (Fsp3) is 0.222. The minimum absolute atomic E-state index is 0.00788. The van der Waals surface area contributed by atoms with Gasteiger partial charge < -0.3 is 0 Å². The summed E-state index contributed by atoms with van der Waals surface area (Å²) >= 11 is 3.05. The number of nitrogens with zero attached hydrogens (tertiary/aromatic N) is 5. The van der Waals surface area contributed by atoms with Crippen LogP contribution in [0.2, 0.25) is 0 Å². The summed E-state index contributed by atoms with van der Waals surface area (Å²) in [7, 11) is 0. The topological polar surface area (TPSA) is 63.9 Å². The van der Waals surface area contributed by atoms with Crippen LogP contribution in [0.15, 0.2) is 63.5 Å². The highest BCUT2D eigenvalue weighted by molar-refractivity contribution is 8.00. The summed E-state index contributed by atoms with van der Waals surface area (Å²) in [6.07, 6.45) is 0. The van der Waals surface area contributed by atoms with E-state index in [1.165, 1.54) is 11.8 Å². The molecule has 8 heteroatoms. The first kappa shape index (κ1) is 17.1. The maximum Gasteiger partial charge on any atom is 0.242 e. The molecule has 1 aliphatic rings. The zero-order valence-electron chi connectivity index (χ0n) is 14.4. The number of rotatable bonds is 4. The van der Waals surface area contributed by atoms with Crippen molar-refractivity contribution < 1.29 is 4.79 Å². The monoisotopic (exact) mass is 383 g/mol. The van der Waals surface area contributed by atoms with Gasteiger partial charge in [-0.15, -0.1) is 5.10 Å². The van der Waals surface area contributed by atoms with E-state index in [0.717, 1.165) is 21.2 Å². The predicted molar refractivity (Wildman–Crippen MR) is 103 cm³/mol. The number of hydrogen-bond donors (Lipinski definition) is 0. The molecule has 0 radical (unpaired) electrons. The number of carbonyl (C=O) groups excluding carboxylic acids is 1. The largest absolute Gasteiger partial charge is 0.278 e. The number of benzene rings is 2. The Morgan fingerprint density at radius 2 is 1.69 bits per heavy atom. The molecule has 0 aliphatic carbocycles. The molecule has 3 aromatic rings. The van der Waals surface area contributed by atoms with Gasteiger partial charge in [0.15, 0.2) is 0 Å². The molecule has 1 aliphatic heterocycles. The zero-order chi connectivity index (χ0) is 18.1. The van der Waals surface area contributed by atoms with E-state index >= 15 is 0 Å². The molecule has 0 N–H and O–H groups in total. The minimum Gasteiger partial charge on any atom is -0.278 e. The summed E-state index contributed by atoms with van der Waals surface area (Å²) in [6, 6.07) is 16.1. The molecule has 6 nitrogen and oxygen atoms in total. The van der Waals surface area contributed by atoms with Crippen LogP contribution in [-0.4, -0.2) is 31.9 Å². The van der Waals surface area contributed by atoms with Gasteiger partial charge in [-0.2, -0.15) is 0 Å². The van der Waals surface area contributed by atoms with Crippen molar-refractivity contribution in [1.29, 1.82) is 0 Å². The van der Waals surface area contributed by atoms with Gasteiger partial charge >= 0.3 is 0 Å². The Morgan fingerprint density at radius 3 is 2.31 bits per heavy atom. The van der Waals surface area contributed by atoms with E-state index < -0.39 is 0 Å². The van der Waals surface area contributed by atoms with E-state index in [2.05, 4.69) is 15.5 Å². The molecule has 0 unspecified atom stereocenters. The molecule has 2 aromatic carbocycles. The van der Waals surface area contributed by atoms with Crippen molar-refractivity contribution >= 4 is 40.8 Å². The number of amides is 1. The number of fused-ring (bicyclic) bond motifs is 2. The summed E-state index contributed by atoms with van der Waals surface area (Å²) in [5, 5.41) is 12.4. The molecule has 132 valence electrons. The highest BCUT2D eigenvalue weighted by atomic mass is 32.2. The van der Waals surface area contributed by atoms with Gasteiger partial charge in [-0.25, -0.2) is 4.68 Å². The average Bonchev–Trinajstić information content (AvgIpc) is 3.13. The van der Waals surface area contributed by atoms with Gasteiger partial charge in [-0.05, 0) is 48.5 Å². The molecular formula is C18H17N5OS2. The van der Waals surface area contributed by atoms with Crippen molar-refractivity contribution in [1.82, 2.24) is 20.2 Å². The zero-order valence-corrected chi connectivity index (χ0v) is 16.0. The molecule has 0 bridgehead atoms. The Bertz CT molecular complexity index is 911. The number of carbonyl (C=O) groups is 1. The first-order valence-electron chi connectivity index (χ1n) is 8.24. The summed E-state index contributed by atoms with van der Waals surface area (Å²) in [6.45, 7) is 4.02. The maximum atomic E-state index is 13.1. The highest BCUT2D eigenvalue weighted by Crippen LogP contribution is 2.48. The first-order valence-corrected chi connectivity index (χ1v) is 10.0. The second kappa shape index (κ2) is 7.13. The van der Waals surface area contributed by atoms with Crippen LogP contribution < -0.4 is 4.90 Å². The third-order valence-corrected chi connectivity index (χ3v) is 6.01. The smallest absolute Gasteiger partial charge is 0.242 e. The fourth-order valence-electron chi connectivity index (χ4n) is 2.77. The number of para-hydroxylation sites is 2. The van der Waals surface area contributed by atoms with Crippen LogP contribution in [0, 0.1) is 0 Å². The lowest BCUT2D eigenvalue weighted by molar-refractivity contribution is -0.115. The van der Waals surface area contributed by atoms with Crippen molar-refractivity contribution in [3.05, 3.63) is 48.5 Å². The Hall–Kier alpha value is -2.32. The number of thioether (sulfide) groups is 1. The SMILES string of the molecule is CC(C)n1nnnc1SCC(=O)N1c2ccccc2Sc2ccccc21. The Morgan fingerprint density at radius 1 is 1.08 bits per heavy atom. The van der Waals surface area contributed by atoms with E-state index in [1.54, 1.807) is 21.3 Å². The van der Waals surface area contributed by atoms with E-state index in [1.807, 2.05) is 62.4 Å². The molecule has 0 fully saturated rings. The van der Waals surface area contributed by atoms with Crippen LogP contribution in [-0.2, 0) is 4.79 Å². The molecule has 0 saturated heterocycles. The van der Waals surface area contributed by atoms with Crippen LogP contribution in [0.4, 0.5) is 11.4 Å². The Labute approximate surface area is 160 Å². The summed E-state index contributed by atoms with van der Waals surface area (Å²) < 4.78 is 1.73. The molecule has 0 atom stereocenters. The molecule has 0 saturated carbocycles. The molecule has 0 spiro atoms. The van der Waals surface area contributed by atoms with Gasteiger partial charge in [-0.1, -0.05) is 47.8 Å². The lowest BCUT2D eigenvalue weighted by atomic mass is 10.2. The minimum atomic E-state index is 0.00788. The standard InChI is InChI=1S/C18H17N5OS2/c1-12(2)23-18(19-20-21-23)25-11-17(24)22-13-7-3-5-9-15(13)26-16-10-6-4-8-14(16)22/h3-10,12H,11H2,1-2H3. The Kier molecular flexibility index (Phi) is 4.69. The number of anilines is 2. The van der Waals surface area contributed by atoms with Crippen LogP contribution in [0.3, 0.4) is 0 Å². The maximum absolute atomic E-state index is 13.1. The van der Waals surface area contributed by atoms with Gasteiger partial charge in [0.05, 0.1) is 23.2 Å². The summed E-state index contributed by atoms with van der Waals surface area (Å²) in [5.41, 5.74) is 1.84. The van der Waals surface area contributed by atoms with Crippen molar-refractivity contribution in [3.8, 4) is 0 Å². The summed E-state index contributed by atoms with van der Waals surface area (Å²) in [5.74, 6) is 0.272. The lowest BCUT2D eigenvalue weighted by Gasteiger charge is -2.30. The molecule has 1 aromatic heterocycles. The molecule has 4 rings (SSSR count). The first-order chi connectivity index (χ1) is 12.6. The summed E-state index contributed by atoms with van der Waals surface area (Å²) in [4.78, 5) is 17.1. The molecule has 1 amide bonds. The molecule has 26 heavy (non-hydrogen) atoms. The van der Waals surface area contributed by atoms with Crippen molar-refractivity contribution in [2.75, 3.05) is 10.7 Å². The average molecular weight is 384 g/mol. The van der Waals surface area contributed by atoms with Crippen molar-refractivity contribution in [2.24, 2.45) is 0 Å². The number of hydrogen-bond acceptors (Lipinski definition) is 6. The number of tetrazole rings is 1. The second-order valence-corrected chi connectivity index (χ2v) is 8.08. The molecular weight excluding hydrogens is 366 g/mol. The van der Waals surface area contributed by atoms with Gasteiger partial charge in [0.1, 0.15) is 0 Å². The van der Waals surface area contributed by atoms with Crippen LogP contribution in [0.1, 0.15) is 19.9 Å². The van der Waals surface area contributed by atoms with Crippen molar-refractivity contribution in [3.63, 3.8) is 0 Å². The van der Waals surface area contributed by atoms with Gasteiger partial charge in [0.2, 0.25) is 11.1 Å². The third-order valence-electron chi connectivity index (χ3n) is 3.96. The predicted octanol–water partition coefficient (Wildman–Crippen LogP) is 4.18. The van der Waals surface area contributed by atoms with Crippen molar-refractivity contribution in [2.45, 2.75) is 34.8 Å². The lowest BCUT2D eigenvalue weighted by Crippen LogP contribution is -2.30. The second-order valence-electron chi connectivity index (χ2n) is 6.06. The highest BCUT2D eigenvalue weighted by Gasteiger charge is 2.28. The van der Waals surface area contributed by atoms with Crippen LogP contribution >= 0.6 is 23.5 Å².